The Morgan fingerprint density at radius 1 is 1.35 bits per heavy atom. The number of hydrogen-bond donors (Lipinski definition) is 0. The van der Waals surface area contributed by atoms with E-state index in [0.29, 0.717) is 24.9 Å². The molecule has 1 aliphatic heterocycles. The molecule has 0 radical (unpaired) electrons. The van der Waals surface area contributed by atoms with Crippen LogP contribution in [0.5, 0.6) is 0 Å². The van der Waals surface area contributed by atoms with E-state index in [0.717, 1.165) is 24.6 Å². The molecule has 0 bridgehead atoms. The number of nitro groups is 1. The molecule has 1 aromatic carbocycles. The van der Waals surface area contributed by atoms with Crippen molar-refractivity contribution in [3.05, 3.63) is 39.7 Å². The Labute approximate surface area is 116 Å². The Hall–Kier alpha value is -1.98. The van der Waals surface area contributed by atoms with Gasteiger partial charge in [-0.3, -0.25) is 14.9 Å². The SMILES string of the molecule is CC1CC(C)CN(C(=O)c2cc(F)ccc2[N+](=O)[O-])C1. The minimum absolute atomic E-state index is 0.170. The second kappa shape index (κ2) is 5.56. The van der Waals surface area contributed by atoms with Gasteiger partial charge in [0.1, 0.15) is 11.4 Å². The van der Waals surface area contributed by atoms with E-state index in [1.54, 1.807) is 4.90 Å². The number of carbonyl (C=O) groups is 1. The Bertz CT molecular complexity index is 537. The highest BCUT2D eigenvalue weighted by Gasteiger charge is 2.30. The number of nitrogens with zero attached hydrogens (tertiary/aromatic N) is 2. The molecule has 0 aliphatic carbocycles. The molecule has 2 atom stereocenters. The standard InChI is InChI=1S/C14H17FN2O3/c1-9-5-10(2)8-16(7-9)14(18)12-6-11(15)3-4-13(12)17(19)20/h3-4,6,9-10H,5,7-8H2,1-2H3. The van der Waals surface area contributed by atoms with E-state index < -0.39 is 16.6 Å². The number of piperidine rings is 1. The molecule has 0 aromatic heterocycles. The highest BCUT2D eigenvalue weighted by atomic mass is 19.1. The molecule has 1 amide bonds. The van der Waals surface area contributed by atoms with E-state index in [-0.39, 0.29) is 11.3 Å². The van der Waals surface area contributed by atoms with Crippen LogP contribution in [0.3, 0.4) is 0 Å². The molecule has 2 unspecified atom stereocenters. The summed E-state index contributed by atoms with van der Waals surface area (Å²) in [4.78, 5) is 24.3. The number of halogens is 1. The molecule has 5 nitrogen and oxygen atoms in total. The van der Waals surface area contributed by atoms with E-state index in [2.05, 4.69) is 0 Å². The summed E-state index contributed by atoms with van der Waals surface area (Å²) in [6.07, 6.45) is 1.02. The first-order valence-corrected chi connectivity index (χ1v) is 6.61. The van der Waals surface area contributed by atoms with Crippen molar-refractivity contribution in [2.75, 3.05) is 13.1 Å². The van der Waals surface area contributed by atoms with Crippen molar-refractivity contribution in [3.8, 4) is 0 Å². The van der Waals surface area contributed by atoms with Gasteiger partial charge in [0.2, 0.25) is 0 Å². The topological polar surface area (TPSA) is 63.5 Å². The zero-order valence-corrected chi connectivity index (χ0v) is 11.5. The maximum Gasteiger partial charge on any atom is 0.282 e. The second-order valence-electron chi connectivity index (χ2n) is 5.57. The van der Waals surface area contributed by atoms with Gasteiger partial charge in [0, 0.05) is 19.2 Å². The van der Waals surface area contributed by atoms with E-state index in [1.165, 1.54) is 0 Å². The van der Waals surface area contributed by atoms with E-state index in [9.17, 15) is 19.3 Å². The van der Waals surface area contributed by atoms with Crippen LogP contribution in [0.15, 0.2) is 18.2 Å². The molecular weight excluding hydrogens is 263 g/mol. The summed E-state index contributed by atoms with van der Waals surface area (Å²) in [6, 6.07) is 2.99. The van der Waals surface area contributed by atoms with Gasteiger partial charge >= 0.3 is 0 Å². The third-order valence-electron chi connectivity index (χ3n) is 3.54. The van der Waals surface area contributed by atoms with Crippen LogP contribution in [0, 0.1) is 27.8 Å². The van der Waals surface area contributed by atoms with E-state index in [1.807, 2.05) is 13.8 Å². The fraction of sp³-hybridized carbons (Fsp3) is 0.500. The fourth-order valence-electron chi connectivity index (χ4n) is 2.84. The normalized spacial score (nSPS) is 22.6. The molecule has 0 spiro atoms. The van der Waals surface area contributed by atoms with Crippen LogP contribution >= 0.6 is 0 Å². The molecule has 108 valence electrons. The number of nitro benzene ring substituents is 1. The van der Waals surface area contributed by atoms with Gasteiger partial charge < -0.3 is 4.90 Å². The largest absolute Gasteiger partial charge is 0.338 e. The lowest BCUT2D eigenvalue weighted by molar-refractivity contribution is -0.385. The summed E-state index contributed by atoms with van der Waals surface area (Å²) >= 11 is 0. The summed E-state index contributed by atoms with van der Waals surface area (Å²) in [5, 5.41) is 11.0. The Kier molecular flexibility index (Phi) is 4.01. The summed E-state index contributed by atoms with van der Waals surface area (Å²) in [6.45, 7) is 5.18. The average Bonchev–Trinajstić information content (AvgIpc) is 2.36. The Morgan fingerprint density at radius 2 is 1.95 bits per heavy atom. The zero-order chi connectivity index (χ0) is 14.9. The molecule has 1 fully saturated rings. The van der Waals surface area contributed by atoms with Gasteiger partial charge in [0.05, 0.1) is 4.92 Å². The molecule has 1 heterocycles. The minimum Gasteiger partial charge on any atom is -0.338 e. The number of amides is 1. The molecule has 1 saturated heterocycles. The van der Waals surface area contributed by atoms with Crippen molar-refractivity contribution in [2.45, 2.75) is 20.3 Å². The predicted molar refractivity (Wildman–Crippen MR) is 71.9 cm³/mol. The average molecular weight is 280 g/mol. The third kappa shape index (κ3) is 2.95. The highest BCUT2D eigenvalue weighted by Crippen LogP contribution is 2.26. The zero-order valence-electron chi connectivity index (χ0n) is 11.5. The number of likely N-dealkylation sites (tertiary alicyclic amines) is 1. The predicted octanol–water partition coefficient (Wildman–Crippen LogP) is 2.85. The molecule has 1 aromatic rings. The maximum atomic E-state index is 13.3. The van der Waals surface area contributed by atoms with Crippen molar-refractivity contribution in [1.29, 1.82) is 0 Å². The summed E-state index contributed by atoms with van der Waals surface area (Å²) in [5.41, 5.74) is -0.515. The second-order valence-corrected chi connectivity index (χ2v) is 5.57. The van der Waals surface area contributed by atoms with Crippen LogP contribution in [0.2, 0.25) is 0 Å². The molecule has 0 N–H and O–H groups in total. The molecule has 2 rings (SSSR count). The van der Waals surface area contributed by atoms with Crippen LogP contribution in [0.1, 0.15) is 30.6 Å². The highest BCUT2D eigenvalue weighted by molar-refractivity contribution is 5.98. The van der Waals surface area contributed by atoms with E-state index >= 15 is 0 Å². The van der Waals surface area contributed by atoms with Gasteiger partial charge in [0.15, 0.2) is 0 Å². The van der Waals surface area contributed by atoms with Gasteiger partial charge in [-0.15, -0.1) is 0 Å². The molecule has 0 saturated carbocycles. The van der Waals surface area contributed by atoms with Gasteiger partial charge in [-0.05, 0) is 30.4 Å². The first-order chi connectivity index (χ1) is 9.38. The number of carbonyl (C=O) groups excluding carboxylic acids is 1. The monoisotopic (exact) mass is 280 g/mol. The molecule has 20 heavy (non-hydrogen) atoms. The molecular formula is C14H17FN2O3. The van der Waals surface area contributed by atoms with Gasteiger partial charge in [-0.25, -0.2) is 4.39 Å². The summed E-state index contributed by atoms with van der Waals surface area (Å²) in [5.74, 6) is -0.419. The van der Waals surface area contributed by atoms with Crippen LogP contribution < -0.4 is 0 Å². The maximum absolute atomic E-state index is 13.3. The first kappa shape index (κ1) is 14.4. The van der Waals surface area contributed by atoms with Gasteiger partial charge in [0.25, 0.3) is 11.6 Å². The number of rotatable bonds is 2. The lowest BCUT2D eigenvalue weighted by atomic mass is 9.91. The van der Waals surface area contributed by atoms with Crippen LogP contribution in [-0.4, -0.2) is 28.8 Å². The first-order valence-electron chi connectivity index (χ1n) is 6.61. The number of benzene rings is 1. The van der Waals surface area contributed by atoms with Gasteiger partial charge in [-0.2, -0.15) is 0 Å². The van der Waals surface area contributed by atoms with Crippen molar-refractivity contribution < 1.29 is 14.1 Å². The summed E-state index contributed by atoms with van der Waals surface area (Å²) in [7, 11) is 0. The van der Waals surface area contributed by atoms with Gasteiger partial charge in [-0.1, -0.05) is 13.8 Å². The molecule has 6 heteroatoms. The van der Waals surface area contributed by atoms with Crippen molar-refractivity contribution in [3.63, 3.8) is 0 Å². The van der Waals surface area contributed by atoms with Crippen molar-refractivity contribution in [2.24, 2.45) is 11.8 Å². The fourth-order valence-corrected chi connectivity index (χ4v) is 2.84. The lowest BCUT2D eigenvalue weighted by Gasteiger charge is -2.34. The van der Waals surface area contributed by atoms with Crippen LogP contribution in [0.4, 0.5) is 10.1 Å². The number of hydrogen-bond acceptors (Lipinski definition) is 3. The Morgan fingerprint density at radius 3 is 2.50 bits per heavy atom. The lowest BCUT2D eigenvalue weighted by Crippen LogP contribution is -2.42. The summed E-state index contributed by atoms with van der Waals surface area (Å²) < 4.78 is 13.3. The Balaban J connectivity index is 2.33. The van der Waals surface area contributed by atoms with Crippen LogP contribution in [0.25, 0.3) is 0 Å². The van der Waals surface area contributed by atoms with Crippen LogP contribution in [-0.2, 0) is 0 Å². The van der Waals surface area contributed by atoms with Crippen molar-refractivity contribution in [1.82, 2.24) is 4.90 Å². The third-order valence-corrected chi connectivity index (χ3v) is 3.54. The molecule has 1 aliphatic rings. The van der Waals surface area contributed by atoms with E-state index in [4.69, 9.17) is 0 Å². The minimum atomic E-state index is -0.649. The smallest absolute Gasteiger partial charge is 0.282 e. The quantitative estimate of drug-likeness (QED) is 0.618. The van der Waals surface area contributed by atoms with Crippen molar-refractivity contribution >= 4 is 11.6 Å².